The number of halogens is 3. The van der Waals surface area contributed by atoms with Crippen molar-refractivity contribution in [2.24, 2.45) is 11.8 Å². The minimum absolute atomic E-state index is 0.0925. The molecule has 1 aliphatic rings. The molecule has 0 spiro atoms. The molecule has 1 heterocycles. The normalized spacial score (nSPS) is 22.9. The molecule has 0 aromatic heterocycles. The van der Waals surface area contributed by atoms with Crippen molar-refractivity contribution in [3.63, 3.8) is 0 Å². The maximum atomic E-state index is 14.9. The lowest BCUT2D eigenvalue weighted by Crippen LogP contribution is -2.37. The maximum Gasteiger partial charge on any atom is 0.341 e. The Labute approximate surface area is 207 Å². The number of hydrogen-bond acceptors (Lipinski definition) is 3. The number of aliphatic carboxylic acids is 1. The Kier molecular flexibility index (Phi) is 8.59. The van der Waals surface area contributed by atoms with Gasteiger partial charge >= 0.3 is 5.97 Å². The molecule has 4 nitrogen and oxygen atoms in total. The third-order valence-corrected chi connectivity index (χ3v) is 6.67. The molecule has 2 aromatic carbocycles. The smallest absolute Gasteiger partial charge is 0.341 e. The lowest BCUT2D eigenvalue weighted by atomic mass is 9.74. The molecule has 1 N–H and O–H groups in total. The van der Waals surface area contributed by atoms with Crippen LogP contribution in [0.25, 0.3) is 0 Å². The van der Waals surface area contributed by atoms with Crippen molar-refractivity contribution >= 4 is 33.5 Å². The van der Waals surface area contributed by atoms with Gasteiger partial charge in [-0.2, -0.15) is 0 Å². The van der Waals surface area contributed by atoms with Crippen molar-refractivity contribution in [3.05, 3.63) is 75.0 Å². The summed E-state index contributed by atoms with van der Waals surface area (Å²) in [6.07, 6.45) is 0.923. The van der Waals surface area contributed by atoms with E-state index in [0.717, 1.165) is 24.0 Å². The maximum absolute atomic E-state index is 14.9. The Bertz CT molecular complexity index is 1010. The van der Waals surface area contributed by atoms with E-state index in [4.69, 9.17) is 26.2 Å². The fourth-order valence-electron chi connectivity index (χ4n) is 4.50. The summed E-state index contributed by atoms with van der Waals surface area (Å²) in [6, 6.07) is 10.8. The summed E-state index contributed by atoms with van der Waals surface area (Å²) >= 11 is 9.47. The number of carbonyl (C=O) groups is 1. The van der Waals surface area contributed by atoms with E-state index >= 15 is 0 Å². The number of carboxylic acid groups (broad SMARTS) is 1. The van der Waals surface area contributed by atoms with Crippen molar-refractivity contribution in [2.75, 3.05) is 6.61 Å². The van der Waals surface area contributed by atoms with Crippen molar-refractivity contribution < 1.29 is 23.8 Å². The van der Waals surface area contributed by atoms with E-state index < -0.39 is 24.5 Å². The second kappa shape index (κ2) is 11.0. The predicted molar refractivity (Wildman–Crippen MR) is 131 cm³/mol. The third-order valence-electron chi connectivity index (χ3n) is 5.96. The average molecular weight is 540 g/mol. The van der Waals surface area contributed by atoms with Crippen LogP contribution in [-0.2, 0) is 9.53 Å². The lowest BCUT2D eigenvalue weighted by Gasteiger charge is -2.43. The molecule has 0 saturated carbocycles. The van der Waals surface area contributed by atoms with Crippen molar-refractivity contribution in [2.45, 2.75) is 51.7 Å². The first kappa shape index (κ1) is 25.7. The van der Waals surface area contributed by atoms with Crippen LogP contribution in [0.2, 0.25) is 5.02 Å². The van der Waals surface area contributed by atoms with E-state index in [2.05, 4.69) is 36.4 Å². The van der Waals surface area contributed by atoms with Gasteiger partial charge in [0.25, 0.3) is 0 Å². The van der Waals surface area contributed by atoms with Crippen LogP contribution in [0, 0.1) is 17.7 Å². The quantitative estimate of drug-likeness (QED) is 0.352. The molecule has 1 saturated heterocycles. The topological polar surface area (TPSA) is 55.8 Å². The van der Waals surface area contributed by atoms with Crippen LogP contribution in [0.1, 0.15) is 56.8 Å². The minimum Gasteiger partial charge on any atom is -0.479 e. The summed E-state index contributed by atoms with van der Waals surface area (Å²) in [5, 5.41) is 9.75. The fourth-order valence-corrected chi connectivity index (χ4v) is 5.07. The standard InChI is InChI=1S/C26H29BrClFO4/c1-14(2)9-23-20(16-5-7-18(28)8-6-16)12-19(15(3)4)25(33-23)21-10-17(27)11-22(29)26(21)32-13-24(30)31/h5-8,10-11,14,19-20,23,25H,3,9,12-13H2,1-2,4H3,(H,30,31)/t19-,20-,23+,25+/m0/s1. The average Bonchev–Trinajstić information content (AvgIpc) is 2.72. The molecule has 1 fully saturated rings. The van der Waals surface area contributed by atoms with Gasteiger partial charge in [-0.25, -0.2) is 9.18 Å². The highest BCUT2D eigenvalue weighted by Gasteiger charge is 2.41. The highest BCUT2D eigenvalue weighted by molar-refractivity contribution is 9.10. The van der Waals surface area contributed by atoms with Gasteiger partial charge < -0.3 is 14.6 Å². The van der Waals surface area contributed by atoms with E-state index in [-0.39, 0.29) is 23.7 Å². The Balaban J connectivity index is 2.06. The molecule has 1 aliphatic heterocycles. The number of carboxylic acids is 1. The SMILES string of the molecule is C=C(C)[C@@H]1C[C@@H](c2ccc(Cl)cc2)[C@@H](CC(C)C)O[C@H]1c1cc(Br)cc(F)c1OCC(=O)O. The highest BCUT2D eigenvalue weighted by atomic mass is 79.9. The van der Waals surface area contributed by atoms with E-state index in [1.807, 2.05) is 31.2 Å². The lowest BCUT2D eigenvalue weighted by molar-refractivity contribution is -0.139. The summed E-state index contributed by atoms with van der Waals surface area (Å²) in [4.78, 5) is 11.1. The van der Waals surface area contributed by atoms with Crippen LogP contribution in [0.3, 0.4) is 0 Å². The van der Waals surface area contributed by atoms with E-state index in [0.29, 0.717) is 21.0 Å². The molecule has 0 bridgehead atoms. The van der Waals surface area contributed by atoms with Gasteiger partial charge in [0.05, 0.1) is 12.2 Å². The van der Waals surface area contributed by atoms with Gasteiger partial charge in [-0.3, -0.25) is 0 Å². The van der Waals surface area contributed by atoms with E-state index in [1.54, 1.807) is 6.07 Å². The van der Waals surface area contributed by atoms with Crippen molar-refractivity contribution in [1.29, 1.82) is 0 Å². The van der Waals surface area contributed by atoms with Gasteiger partial charge in [0.1, 0.15) is 0 Å². The summed E-state index contributed by atoms with van der Waals surface area (Å²) in [5.41, 5.74) is 2.53. The third kappa shape index (κ3) is 6.37. The monoisotopic (exact) mass is 538 g/mol. The first-order valence-corrected chi connectivity index (χ1v) is 12.1. The Morgan fingerprint density at radius 2 is 2.00 bits per heavy atom. The van der Waals surface area contributed by atoms with Gasteiger partial charge in [-0.05, 0) is 55.5 Å². The molecule has 3 rings (SSSR count). The molecular weight excluding hydrogens is 511 g/mol. The molecule has 178 valence electrons. The number of benzene rings is 2. The van der Waals surface area contributed by atoms with Gasteiger partial charge in [0.15, 0.2) is 18.2 Å². The zero-order valence-corrected chi connectivity index (χ0v) is 21.3. The second-order valence-electron chi connectivity index (χ2n) is 9.06. The molecule has 7 heteroatoms. The van der Waals surface area contributed by atoms with Gasteiger partial charge in [0, 0.05) is 26.9 Å². The van der Waals surface area contributed by atoms with Crippen LogP contribution in [-0.4, -0.2) is 23.8 Å². The van der Waals surface area contributed by atoms with Crippen molar-refractivity contribution in [1.82, 2.24) is 0 Å². The van der Waals surface area contributed by atoms with Crippen LogP contribution in [0.15, 0.2) is 53.0 Å². The molecule has 0 amide bonds. The van der Waals surface area contributed by atoms with Gasteiger partial charge in [-0.15, -0.1) is 0 Å². The zero-order chi connectivity index (χ0) is 24.3. The van der Waals surface area contributed by atoms with Crippen molar-refractivity contribution in [3.8, 4) is 5.75 Å². The summed E-state index contributed by atoms with van der Waals surface area (Å²) in [7, 11) is 0. The summed E-state index contributed by atoms with van der Waals surface area (Å²) < 4.78 is 27.5. The molecule has 33 heavy (non-hydrogen) atoms. The second-order valence-corrected chi connectivity index (χ2v) is 10.4. The highest BCUT2D eigenvalue weighted by Crippen LogP contribution is 2.50. The minimum atomic E-state index is -1.18. The molecule has 2 aromatic rings. The number of rotatable bonds is 8. The predicted octanol–water partition coefficient (Wildman–Crippen LogP) is 7.56. The summed E-state index contributed by atoms with van der Waals surface area (Å²) in [5.74, 6) is -1.52. The van der Waals surface area contributed by atoms with Gasteiger partial charge in [-0.1, -0.05) is 65.7 Å². The first-order chi connectivity index (χ1) is 15.6. The fraction of sp³-hybridized carbons (Fsp3) is 0.423. The largest absolute Gasteiger partial charge is 0.479 e. The molecule has 4 atom stereocenters. The van der Waals surface area contributed by atoms with E-state index in [9.17, 15) is 9.18 Å². The van der Waals surface area contributed by atoms with Crippen LogP contribution < -0.4 is 4.74 Å². The number of ether oxygens (including phenoxy) is 2. The zero-order valence-electron chi connectivity index (χ0n) is 19.0. The van der Waals surface area contributed by atoms with Crippen LogP contribution in [0.5, 0.6) is 5.75 Å². The van der Waals surface area contributed by atoms with Crippen LogP contribution in [0.4, 0.5) is 4.39 Å². The first-order valence-electron chi connectivity index (χ1n) is 11.0. The Morgan fingerprint density at radius 3 is 2.58 bits per heavy atom. The number of hydrogen-bond donors (Lipinski definition) is 1. The molecule has 0 unspecified atom stereocenters. The molecule has 0 aliphatic carbocycles. The van der Waals surface area contributed by atoms with Gasteiger partial charge in [0.2, 0.25) is 0 Å². The Morgan fingerprint density at radius 1 is 1.33 bits per heavy atom. The molecular formula is C26H29BrClFO4. The molecule has 0 radical (unpaired) electrons. The van der Waals surface area contributed by atoms with E-state index in [1.165, 1.54) is 6.07 Å². The van der Waals surface area contributed by atoms with Crippen LogP contribution >= 0.6 is 27.5 Å². The summed E-state index contributed by atoms with van der Waals surface area (Å²) in [6.45, 7) is 9.77. The Hall–Kier alpha value is -1.89.